The summed E-state index contributed by atoms with van der Waals surface area (Å²) < 4.78 is 33.6. The number of hydrogen-bond donors (Lipinski definition) is 1. The van der Waals surface area contributed by atoms with Crippen LogP contribution in [0.25, 0.3) is 16.8 Å². The molecule has 4 aromatic heterocycles. The van der Waals surface area contributed by atoms with Crippen molar-refractivity contribution in [2.75, 3.05) is 13.1 Å². The Bertz CT molecular complexity index is 1410. The summed E-state index contributed by atoms with van der Waals surface area (Å²) in [4.78, 5) is 36.9. The highest BCUT2D eigenvalue weighted by Crippen LogP contribution is 2.27. The molecular weight excluding hydrogens is 489 g/mol. The molecule has 0 aliphatic carbocycles. The van der Waals surface area contributed by atoms with Gasteiger partial charge in [-0.2, -0.15) is 18.3 Å². The molecule has 1 saturated heterocycles. The van der Waals surface area contributed by atoms with Crippen molar-refractivity contribution in [3.05, 3.63) is 78.3 Å². The van der Waals surface area contributed by atoms with Crippen molar-refractivity contribution in [2.45, 2.75) is 31.9 Å². The van der Waals surface area contributed by atoms with Gasteiger partial charge in [0.1, 0.15) is 5.69 Å². The number of likely N-dealkylation sites (tertiary alicyclic amines) is 1. The SMILES string of the molecule is Cc1ccnc(C(=O)N2CCCC(c3nc4ccc(-c5cccnc5)cn4n3)C2)c1.O=C(O)C(F)(F)F. The molecule has 0 spiro atoms. The number of hydrogen-bond acceptors (Lipinski definition) is 6. The van der Waals surface area contributed by atoms with Crippen molar-refractivity contribution in [1.29, 1.82) is 0 Å². The molecule has 1 fully saturated rings. The number of fused-ring (bicyclic) bond motifs is 1. The summed E-state index contributed by atoms with van der Waals surface area (Å²) in [5, 5.41) is 11.9. The monoisotopic (exact) mass is 512 g/mol. The molecule has 1 aliphatic rings. The van der Waals surface area contributed by atoms with Crippen LogP contribution in [-0.4, -0.2) is 65.7 Å². The highest BCUT2D eigenvalue weighted by Gasteiger charge is 2.38. The maximum Gasteiger partial charge on any atom is 0.490 e. The van der Waals surface area contributed by atoms with Crippen LogP contribution >= 0.6 is 0 Å². The molecular formula is C25H23F3N6O3. The maximum atomic E-state index is 12.9. The third-order valence-corrected chi connectivity index (χ3v) is 5.79. The van der Waals surface area contributed by atoms with Crippen LogP contribution in [0.5, 0.6) is 0 Å². The zero-order valence-corrected chi connectivity index (χ0v) is 19.8. The van der Waals surface area contributed by atoms with Crippen molar-refractivity contribution in [2.24, 2.45) is 0 Å². The summed E-state index contributed by atoms with van der Waals surface area (Å²) in [5.74, 6) is -1.87. The Labute approximate surface area is 209 Å². The third kappa shape index (κ3) is 6.26. The second kappa shape index (κ2) is 10.7. The van der Waals surface area contributed by atoms with Gasteiger partial charge in [-0.25, -0.2) is 14.3 Å². The Hall–Kier alpha value is -4.35. The van der Waals surface area contributed by atoms with Crippen molar-refractivity contribution < 1.29 is 27.9 Å². The number of nitrogens with zero attached hydrogens (tertiary/aromatic N) is 6. The van der Waals surface area contributed by atoms with Crippen molar-refractivity contribution in [3.63, 3.8) is 0 Å². The zero-order valence-electron chi connectivity index (χ0n) is 19.8. The summed E-state index contributed by atoms with van der Waals surface area (Å²) in [6.07, 6.45) is 4.08. The first kappa shape index (κ1) is 25.7. The average Bonchev–Trinajstić information content (AvgIpc) is 3.32. The number of aliphatic carboxylic acids is 1. The van der Waals surface area contributed by atoms with Gasteiger partial charge in [-0.15, -0.1) is 0 Å². The lowest BCUT2D eigenvalue weighted by atomic mass is 9.97. The second-order valence-corrected chi connectivity index (χ2v) is 8.54. The molecule has 5 heterocycles. The van der Waals surface area contributed by atoms with Gasteiger partial charge in [-0.1, -0.05) is 6.07 Å². The quantitative estimate of drug-likeness (QED) is 0.439. The van der Waals surface area contributed by atoms with Crippen LogP contribution < -0.4 is 0 Å². The van der Waals surface area contributed by atoms with Gasteiger partial charge in [-0.05, 0) is 55.7 Å². The number of halogens is 3. The Balaban J connectivity index is 0.000000405. The van der Waals surface area contributed by atoms with E-state index in [1.54, 1.807) is 12.4 Å². The van der Waals surface area contributed by atoms with Crippen LogP contribution in [0.2, 0.25) is 0 Å². The van der Waals surface area contributed by atoms with Crippen molar-refractivity contribution in [1.82, 2.24) is 29.5 Å². The first-order chi connectivity index (χ1) is 17.6. The van der Waals surface area contributed by atoms with Gasteiger partial charge in [-0.3, -0.25) is 14.8 Å². The van der Waals surface area contributed by atoms with Gasteiger partial charge >= 0.3 is 12.1 Å². The normalized spacial score (nSPS) is 15.7. The Kier molecular flexibility index (Phi) is 7.46. The van der Waals surface area contributed by atoms with Crippen molar-refractivity contribution >= 4 is 17.5 Å². The van der Waals surface area contributed by atoms with E-state index in [0.717, 1.165) is 47.5 Å². The first-order valence-corrected chi connectivity index (χ1v) is 11.4. The fraction of sp³-hybridized carbons (Fsp3) is 0.280. The number of carboxylic acids is 1. The molecule has 0 radical (unpaired) electrons. The van der Waals surface area contributed by atoms with Gasteiger partial charge in [0.15, 0.2) is 11.5 Å². The number of aryl methyl sites for hydroxylation is 1. The van der Waals surface area contributed by atoms with E-state index in [-0.39, 0.29) is 11.8 Å². The molecule has 4 aromatic rings. The van der Waals surface area contributed by atoms with Gasteiger partial charge < -0.3 is 10.0 Å². The number of rotatable bonds is 3. The lowest BCUT2D eigenvalue weighted by Crippen LogP contribution is -2.39. The smallest absolute Gasteiger partial charge is 0.475 e. The van der Waals surface area contributed by atoms with E-state index in [4.69, 9.17) is 20.0 Å². The van der Waals surface area contributed by atoms with Crippen LogP contribution in [0, 0.1) is 6.92 Å². The molecule has 0 saturated carbocycles. The predicted molar refractivity (Wildman–Crippen MR) is 127 cm³/mol. The molecule has 37 heavy (non-hydrogen) atoms. The van der Waals surface area contributed by atoms with E-state index in [9.17, 15) is 18.0 Å². The van der Waals surface area contributed by atoms with Crippen LogP contribution in [0.3, 0.4) is 0 Å². The second-order valence-electron chi connectivity index (χ2n) is 8.54. The number of aromatic nitrogens is 5. The van der Waals surface area contributed by atoms with E-state index in [2.05, 4.69) is 9.97 Å². The Morgan fingerprint density at radius 3 is 2.57 bits per heavy atom. The lowest BCUT2D eigenvalue weighted by molar-refractivity contribution is -0.192. The van der Waals surface area contributed by atoms with E-state index in [1.165, 1.54) is 0 Å². The minimum Gasteiger partial charge on any atom is -0.475 e. The van der Waals surface area contributed by atoms with Crippen LogP contribution in [-0.2, 0) is 4.79 Å². The zero-order chi connectivity index (χ0) is 26.6. The molecule has 1 amide bonds. The van der Waals surface area contributed by atoms with Gasteiger partial charge in [0.05, 0.1) is 0 Å². The lowest BCUT2D eigenvalue weighted by Gasteiger charge is -2.31. The van der Waals surface area contributed by atoms with Crippen molar-refractivity contribution in [3.8, 4) is 11.1 Å². The van der Waals surface area contributed by atoms with Gasteiger partial charge in [0.25, 0.3) is 5.91 Å². The maximum absolute atomic E-state index is 12.9. The van der Waals surface area contributed by atoms with E-state index < -0.39 is 12.1 Å². The minimum absolute atomic E-state index is 0.0222. The average molecular weight is 512 g/mol. The molecule has 1 atom stereocenters. The summed E-state index contributed by atoms with van der Waals surface area (Å²) >= 11 is 0. The van der Waals surface area contributed by atoms with E-state index in [1.807, 2.05) is 65.1 Å². The number of carboxylic acid groups (broad SMARTS) is 1. The van der Waals surface area contributed by atoms with Crippen LogP contribution in [0.4, 0.5) is 13.2 Å². The van der Waals surface area contributed by atoms with Crippen LogP contribution in [0.1, 0.15) is 40.6 Å². The summed E-state index contributed by atoms with van der Waals surface area (Å²) in [6, 6.07) is 11.7. The number of carbonyl (C=O) groups is 2. The summed E-state index contributed by atoms with van der Waals surface area (Å²) in [5.41, 5.74) is 4.42. The molecule has 0 aromatic carbocycles. The molecule has 1 N–H and O–H groups in total. The van der Waals surface area contributed by atoms with Gasteiger partial charge in [0.2, 0.25) is 0 Å². The van der Waals surface area contributed by atoms with E-state index in [0.29, 0.717) is 12.2 Å². The third-order valence-electron chi connectivity index (χ3n) is 5.79. The molecule has 1 aliphatic heterocycles. The molecule has 9 nitrogen and oxygen atoms in total. The Morgan fingerprint density at radius 1 is 1.11 bits per heavy atom. The molecule has 12 heteroatoms. The molecule has 5 rings (SSSR count). The van der Waals surface area contributed by atoms with E-state index >= 15 is 0 Å². The number of amides is 1. The number of alkyl halides is 3. The number of pyridine rings is 3. The number of carbonyl (C=O) groups excluding carboxylic acids is 1. The minimum atomic E-state index is -5.08. The topological polar surface area (TPSA) is 114 Å². The fourth-order valence-electron chi connectivity index (χ4n) is 3.96. The van der Waals surface area contributed by atoms with Crippen LogP contribution in [0.15, 0.2) is 61.2 Å². The summed E-state index contributed by atoms with van der Waals surface area (Å²) in [6.45, 7) is 3.32. The number of piperidine rings is 1. The molecule has 1 unspecified atom stereocenters. The van der Waals surface area contributed by atoms with Gasteiger partial charge in [0, 0.05) is 54.9 Å². The highest BCUT2D eigenvalue weighted by molar-refractivity contribution is 5.92. The summed E-state index contributed by atoms with van der Waals surface area (Å²) in [7, 11) is 0. The first-order valence-electron chi connectivity index (χ1n) is 11.4. The molecule has 192 valence electrons. The Morgan fingerprint density at radius 2 is 1.89 bits per heavy atom. The predicted octanol–water partition coefficient (Wildman–Crippen LogP) is 4.15. The highest BCUT2D eigenvalue weighted by atomic mass is 19.4. The molecule has 0 bridgehead atoms. The standard InChI is InChI=1S/C23H22N6O.C2HF3O2/c1-16-8-10-25-20(12-16)23(30)28-11-3-5-19(14-28)22-26-21-7-6-18(15-29(21)27-22)17-4-2-9-24-13-17;3-2(4,5)1(6)7/h2,4,6-10,12-13,15,19H,3,5,11,14H2,1H3;(H,6,7). The fourth-order valence-corrected chi connectivity index (χ4v) is 3.96. The largest absolute Gasteiger partial charge is 0.490 e.